The predicted molar refractivity (Wildman–Crippen MR) is 75.7 cm³/mol. The van der Waals surface area contributed by atoms with Crippen molar-refractivity contribution in [3.63, 3.8) is 0 Å². The molecule has 0 aliphatic heterocycles. The van der Waals surface area contributed by atoms with Gasteiger partial charge < -0.3 is 9.52 Å². The maximum absolute atomic E-state index is 10.2. The number of hydrogen-bond acceptors (Lipinski definition) is 3. The van der Waals surface area contributed by atoms with Crippen LogP contribution >= 0.6 is 0 Å². The molecule has 19 heavy (non-hydrogen) atoms. The van der Waals surface area contributed by atoms with E-state index in [1.807, 2.05) is 24.3 Å². The van der Waals surface area contributed by atoms with E-state index in [9.17, 15) is 5.11 Å². The van der Waals surface area contributed by atoms with Crippen LogP contribution in [0, 0.1) is 0 Å². The van der Waals surface area contributed by atoms with Crippen LogP contribution in [0.15, 0.2) is 53.1 Å². The topological polar surface area (TPSA) is 36.6 Å². The molecule has 0 bridgehead atoms. The first kappa shape index (κ1) is 13.8. The molecule has 0 saturated carbocycles. The Balaban J connectivity index is 2.00. The van der Waals surface area contributed by atoms with Gasteiger partial charge in [-0.1, -0.05) is 30.3 Å². The average molecular weight is 259 g/mol. The Kier molecular flexibility index (Phi) is 4.77. The van der Waals surface area contributed by atoms with Crippen LogP contribution in [0.1, 0.15) is 31.3 Å². The van der Waals surface area contributed by atoms with Crippen LogP contribution in [0.2, 0.25) is 0 Å². The van der Waals surface area contributed by atoms with Gasteiger partial charge in [-0.25, -0.2) is 0 Å². The summed E-state index contributed by atoms with van der Waals surface area (Å²) < 4.78 is 5.25. The fraction of sp³-hybridized carbons (Fsp3) is 0.375. The highest BCUT2D eigenvalue weighted by molar-refractivity contribution is 5.14. The molecule has 1 atom stereocenters. The molecule has 0 saturated heterocycles. The molecule has 102 valence electrons. The summed E-state index contributed by atoms with van der Waals surface area (Å²) in [6, 6.07) is 14.3. The molecule has 0 spiro atoms. The molecule has 2 rings (SSSR count). The Morgan fingerprint density at radius 1 is 1.11 bits per heavy atom. The molecular formula is C16H21NO2. The summed E-state index contributed by atoms with van der Waals surface area (Å²) >= 11 is 0. The monoisotopic (exact) mass is 259 g/mol. The van der Waals surface area contributed by atoms with Gasteiger partial charge in [-0.3, -0.25) is 4.90 Å². The second kappa shape index (κ2) is 6.55. The van der Waals surface area contributed by atoms with Gasteiger partial charge in [0, 0.05) is 19.1 Å². The lowest BCUT2D eigenvalue weighted by molar-refractivity contribution is 0.0755. The third kappa shape index (κ3) is 3.94. The van der Waals surface area contributed by atoms with Crippen molar-refractivity contribution in [2.45, 2.75) is 32.5 Å². The zero-order chi connectivity index (χ0) is 13.7. The summed E-state index contributed by atoms with van der Waals surface area (Å²) in [5, 5.41) is 10.2. The van der Waals surface area contributed by atoms with E-state index < -0.39 is 6.10 Å². The zero-order valence-corrected chi connectivity index (χ0v) is 11.5. The summed E-state index contributed by atoms with van der Waals surface area (Å²) in [5.74, 6) is 0.624. The number of rotatable bonds is 6. The van der Waals surface area contributed by atoms with Gasteiger partial charge in [0.1, 0.15) is 11.9 Å². The van der Waals surface area contributed by atoms with Gasteiger partial charge in [0.05, 0.1) is 6.26 Å². The Morgan fingerprint density at radius 2 is 1.84 bits per heavy atom. The zero-order valence-electron chi connectivity index (χ0n) is 11.5. The maximum Gasteiger partial charge on any atom is 0.133 e. The van der Waals surface area contributed by atoms with Crippen molar-refractivity contribution in [3.8, 4) is 0 Å². The predicted octanol–water partition coefficient (Wildman–Crippen LogP) is 3.22. The minimum absolute atomic E-state index is 0.366. The van der Waals surface area contributed by atoms with E-state index in [-0.39, 0.29) is 0 Å². The van der Waals surface area contributed by atoms with E-state index in [1.165, 1.54) is 5.56 Å². The van der Waals surface area contributed by atoms with Crippen LogP contribution < -0.4 is 0 Å². The maximum atomic E-state index is 10.2. The molecule has 0 aliphatic carbocycles. The largest absolute Gasteiger partial charge is 0.467 e. The van der Waals surface area contributed by atoms with Crippen molar-refractivity contribution in [1.82, 2.24) is 4.90 Å². The number of benzene rings is 1. The lowest BCUT2D eigenvalue weighted by Gasteiger charge is -2.28. The lowest BCUT2D eigenvalue weighted by Crippen LogP contribution is -2.34. The summed E-state index contributed by atoms with van der Waals surface area (Å²) in [7, 11) is 0. The minimum Gasteiger partial charge on any atom is -0.467 e. The molecule has 1 unspecified atom stereocenters. The number of nitrogens with zero attached hydrogens (tertiary/aromatic N) is 1. The smallest absolute Gasteiger partial charge is 0.133 e. The van der Waals surface area contributed by atoms with Gasteiger partial charge in [0.2, 0.25) is 0 Å². The van der Waals surface area contributed by atoms with Crippen molar-refractivity contribution < 1.29 is 9.52 Å². The van der Waals surface area contributed by atoms with E-state index >= 15 is 0 Å². The molecule has 0 fully saturated rings. The standard InChI is InChI=1S/C16H21NO2/c1-13(2)17(11-14-7-4-3-5-8-14)12-15(18)16-9-6-10-19-16/h3-10,13,15,18H,11-12H2,1-2H3. The summed E-state index contributed by atoms with van der Waals surface area (Å²) in [6.07, 6.45) is 1.01. The molecule has 3 heteroatoms. The summed E-state index contributed by atoms with van der Waals surface area (Å²) in [5.41, 5.74) is 1.25. The second-order valence-electron chi connectivity index (χ2n) is 5.04. The summed E-state index contributed by atoms with van der Waals surface area (Å²) in [4.78, 5) is 2.24. The van der Waals surface area contributed by atoms with E-state index in [0.717, 1.165) is 6.54 Å². The fourth-order valence-corrected chi connectivity index (χ4v) is 2.07. The van der Waals surface area contributed by atoms with Gasteiger partial charge in [0.15, 0.2) is 0 Å². The van der Waals surface area contributed by atoms with Gasteiger partial charge in [-0.05, 0) is 31.5 Å². The third-order valence-electron chi connectivity index (χ3n) is 3.24. The Hall–Kier alpha value is -1.58. The number of hydrogen-bond donors (Lipinski definition) is 1. The molecule has 3 nitrogen and oxygen atoms in total. The molecule has 2 aromatic rings. The van der Waals surface area contributed by atoms with E-state index in [4.69, 9.17) is 4.42 Å². The summed E-state index contributed by atoms with van der Waals surface area (Å²) in [6.45, 7) is 5.67. The first-order chi connectivity index (χ1) is 9.16. The van der Waals surface area contributed by atoms with E-state index in [0.29, 0.717) is 18.3 Å². The molecule has 1 aromatic heterocycles. The molecule has 0 radical (unpaired) electrons. The van der Waals surface area contributed by atoms with Gasteiger partial charge >= 0.3 is 0 Å². The average Bonchev–Trinajstić information content (AvgIpc) is 2.93. The van der Waals surface area contributed by atoms with Crippen molar-refractivity contribution in [2.24, 2.45) is 0 Å². The molecule has 0 amide bonds. The number of aliphatic hydroxyl groups excluding tert-OH is 1. The fourth-order valence-electron chi connectivity index (χ4n) is 2.07. The van der Waals surface area contributed by atoms with Crippen LogP contribution in [0.3, 0.4) is 0 Å². The first-order valence-electron chi connectivity index (χ1n) is 6.66. The quantitative estimate of drug-likeness (QED) is 0.865. The lowest BCUT2D eigenvalue weighted by atomic mass is 10.1. The number of furan rings is 1. The first-order valence-corrected chi connectivity index (χ1v) is 6.66. The van der Waals surface area contributed by atoms with Gasteiger partial charge in [-0.15, -0.1) is 0 Å². The van der Waals surface area contributed by atoms with Gasteiger partial charge in [0.25, 0.3) is 0 Å². The van der Waals surface area contributed by atoms with E-state index in [1.54, 1.807) is 12.3 Å². The normalized spacial score (nSPS) is 13.1. The van der Waals surface area contributed by atoms with Crippen LogP contribution in [-0.4, -0.2) is 22.6 Å². The van der Waals surface area contributed by atoms with Gasteiger partial charge in [-0.2, -0.15) is 0 Å². The Morgan fingerprint density at radius 3 is 2.42 bits per heavy atom. The molecule has 0 aliphatic rings. The SMILES string of the molecule is CC(C)N(Cc1ccccc1)CC(O)c1ccco1. The van der Waals surface area contributed by atoms with Crippen molar-refractivity contribution in [3.05, 3.63) is 60.1 Å². The second-order valence-corrected chi connectivity index (χ2v) is 5.04. The van der Waals surface area contributed by atoms with Crippen LogP contribution in [0.25, 0.3) is 0 Å². The molecular weight excluding hydrogens is 238 g/mol. The Bertz CT molecular complexity index is 465. The van der Waals surface area contributed by atoms with E-state index in [2.05, 4.69) is 30.9 Å². The molecule has 1 N–H and O–H groups in total. The van der Waals surface area contributed by atoms with Crippen LogP contribution in [0.4, 0.5) is 0 Å². The number of aliphatic hydroxyl groups is 1. The van der Waals surface area contributed by atoms with Crippen LogP contribution in [-0.2, 0) is 6.54 Å². The highest BCUT2D eigenvalue weighted by Crippen LogP contribution is 2.17. The molecule has 1 aromatic carbocycles. The highest BCUT2D eigenvalue weighted by Gasteiger charge is 2.18. The highest BCUT2D eigenvalue weighted by atomic mass is 16.4. The van der Waals surface area contributed by atoms with Crippen molar-refractivity contribution in [1.29, 1.82) is 0 Å². The third-order valence-corrected chi connectivity index (χ3v) is 3.24. The van der Waals surface area contributed by atoms with Crippen LogP contribution in [0.5, 0.6) is 0 Å². The van der Waals surface area contributed by atoms with Crippen molar-refractivity contribution >= 4 is 0 Å². The Labute approximate surface area is 114 Å². The minimum atomic E-state index is -0.582. The van der Waals surface area contributed by atoms with Crippen molar-refractivity contribution in [2.75, 3.05) is 6.54 Å². The molecule has 1 heterocycles.